The Bertz CT molecular complexity index is 1070. The van der Waals surface area contributed by atoms with E-state index in [1.54, 1.807) is 52.0 Å². The number of amides is 3. The lowest BCUT2D eigenvalue weighted by molar-refractivity contribution is -0.137. The van der Waals surface area contributed by atoms with E-state index in [4.69, 9.17) is 9.47 Å². The van der Waals surface area contributed by atoms with E-state index in [-0.39, 0.29) is 25.3 Å². The van der Waals surface area contributed by atoms with Crippen molar-refractivity contribution in [2.75, 3.05) is 20.7 Å². The van der Waals surface area contributed by atoms with Crippen molar-refractivity contribution in [3.63, 3.8) is 0 Å². The highest BCUT2D eigenvalue weighted by molar-refractivity contribution is 5.91. The van der Waals surface area contributed by atoms with Gasteiger partial charge in [-0.25, -0.2) is 4.79 Å². The molecule has 0 saturated carbocycles. The zero-order valence-corrected chi connectivity index (χ0v) is 22.1. The first-order chi connectivity index (χ1) is 17.5. The third-order valence-corrected chi connectivity index (χ3v) is 6.06. The molecule has 0 radical (unpaired) electrons. The van der Waals surface area contributed by atoms with Crippen LogP contribution in [0.1, 0.15) is 38.3 Å². The first-order valence-corrected chi connectivity index (χ1v) is 12.4. The monoisotopic (exact) mass is 511 g/mol. The number of carbonyl (C=O) groups is 3. The number of hydrogen-bond acceptors (Lipinski definition) is 6. The highest BCUT2D eigenvalue weighted by Crippen LogP contribution is 2.22. The van der Waals surface area contributed by atoms with E-state index in [1.807, 2.05) is 42.5 Å². The normalized spacial score (nSPS) is 18.2. The Hall–Kier alpha value is -3.59. The molecule has 0 unspecified atom stereocenters. The SMILES string of the molecule is COc1ccc(C[C@H](NC(=O)[C@@H]2C[C@@H](O)CN2C(=O)OC(C)(C)C)C(=O)N(C)Cc2ccccc2)cc1. The summed E-state index contributed by atoms with van der Waals surface area (Å²) in [4.78, 5) is 42.4. The molecule has 0 aromatic heterocycles. The van der Waals surface area contributed by atoms with Crippen molar-refractivity contribution in [1.82, 2.24) is 15.1 Å². The summed E-state index contributed by atoms with van der Waals surface area (Å²) >= 11 is 0. The highest BCUT2D eigenvalue weighted by atomic mass is 16.6. The van der Waals surface area contributed by atoms with Crippen molar-refractivity contribution in [3.05, 3.63) is 65.7 Å². The molecule has 200 valence electrons. The minimum atomic E-state index is -0.949. The van der Waals surface area contributed by atoms with Crippen LogP contribution in [0.2, 0.25) is 0 Å². The zero-order valence-electron chi connectivity index (χ0n) is 22.1. The highest BCUT2D eigenvalue weighted by Gasteiger charge is 2.42. The number of nitrogens with zero attached hydrogens (tertiary/aromatic N) is 2. The van der Waals surface area contributed by atoms with Crippen molar-refractivity contribution in [2.45, 2.75) is 63.9 Å². The Morgan fingerprint density at radius 2 is 1.73 bits per heavy atom. The first kappa shape index (κ1) is 28.0. The molecule has 0 spiro atoms. The minimum Gasteiger partial charge on any atom is -0.497 e. The molecule has 2 aromatic rings. The predicted molar refractivity (Wildman–Crippen MR) is 139 cm³/mol. The van der Waals surface area contributed by atoms with Gasteiger partial charge in [-0.3, -0.25) is 14.5 Å². The van der Waals surface area contributed by atoms with E-state index in [0.29, 0.717) is 12.3 Å². The lowest BCUT2D eigenvalue weighted by Gasteiger charge is -2.30. The summed E-state index contributed by atoms with van der Waals surface area (Å²) in [5, 5.41) is 13.1. The zero-order chi connectivity index (χ0) is 27.2. The fraction of sp³-hybridized carbons (Fsp3) is 0.464. The number of rotatable bonds is 8. The Balaban J connectivity index is 1.79. The lowest BCUT2D eigenvalue weighted by atomic mass is 10.0. The molecular weight excluding hydrogens is 474 g/mol. The van der Waals surface area contributed by atoms with E-state index in [1.165, 1.54) is 4.90 Å². The number of nitrogens with one attached hydrogen (secondary N) is 1. The van der Waals surface area contributed by atoms with Crippen molar-refractivity contribution in [1.29, 1.82) is 0 Å². The van der Waals surface area contributed by atoms with Crippen LogP contribution in [-0.4, -0.2) is 77.3 Å². The third kappa shape index (κ3) is 7.95. The number of aliphatic hydroxyl groups excluding tert-OH is 1. The molecular formula is C28H37N3O6. The summed E-state index contributed by atoms with van der Waals surface area (Å²) in [7, 11) is 3.27. The quantitative estimate of drug-likeness (QED) is 0.564. The predicted octanol–water partition coefficient (Wildman–Crippen LogP) is 2.75. The van der Waals surface area contributed by atoms with Gasteiger partial charge in [0.05, 0.1) is 19.8 Å². The maximum Gasteiger partial charge on any atom is 0.411 e. The van der Waals surface area contributed by atoms with Gasteiger partial charge in [0.2, 0.25) is 11.8 Å². The van der Waals surface area contributed by atoms with Gasteiger partial charge in [-0.1, -0.05) is 42.5 Å². The van der Waals surface area contributed by atoms with Crippen LogP contribution < -0.4 is 10.1 Å². The number of β-amino-alcohol motifs (C(OH)–C–C–N with tert-alkyl or cyclic N) is 1. The molecule has 1 aliphatic rings. The van der Waals surface area contributed by atoms with Crippen LogP contribution in [0, 0.1) is 0 Å². The van der Waals surface area contributed by atoms with Crippen LogP contribution in [-0.2, 0) is 27.3 Å². The van der Waals surface area contributed by atoms with E-state index in [2.05, 4.69) is 5.32 Å². The maximum absolute atomic E-state index is 13.5. The number of hydrogen-bond donors (Lipinski definition) is 2. The van der Waals surface area contributed by atoms with Crippen molar-refractivity contribution in [3.8, 4) is 5.75 Å². The number of methoxy groups -OCH3 is 1. The molecule has 9 nitrogen and oxygen atoms in total. The van der Waals surface area contributed by atoms with Gasteiger partial charge in [-0.05, 0) is 44.0 Å². The largest absolute Gasteiger partial charge is 0.497 e. The summed E-state index contributed by atoms with van der Waals surface area (Å²) < 4.78 is 10.7. The van der Waals surface area contributed by atoms with Gasteiger partial charge in [0.15, 0.2) is 0 Å². The Kier molecular flexibility index (Phi) is 9.15. The summed E-state index contributed by atoms with van der Waals surface area (Å²) in [5.41, 5.74) is 1.05. The molecule has 1 saturated heterocycles. The van der Waals surface area contributed by atoms with E-state index in [0.717, 1.165) is 11.1 Å². The lowest BCUT2D eigenvalue weighted by Crippen LogP contribution is -2.54. The Morgan fingerprint density at radius 1 is 1.08 bits per heavy atom. The van der Waals surface area contributed by atoms with E-state index < -0.39 is 35.8 Å². The van der Waals surface area contributed by atoms with Crippen LogP contribution >= 0.6 is 0 Å². The number of benzene rings is 2. The van der Waals surface area contributed by atoms with Gasteiger partial charge >= 0.3 is 6.09 Å². The van der Waals surface area contributed by atoms with Crippen LogP contribution in [0.4, 0.5) is 4.79 Å². The van der Waals surface area contributed by atoms with Crippen LogP contribution in [0.3, 0.4) is 0 Å². The molecule has 0 aliphatic carbocycles. The second-order valence-electron chi connectivity index (χ2n) is 10.3. The van der Waals surface area contributed by atoms with Gasteiger partial charge in [0, 0.05) is 26.4 Å². The Labute approximate surface area is 218 Å². The average molecular weight is 512 g/mol. The number of aliphatic hydroxyl groups is 1. The fourth-order valence-electron chi connectivity index (χ4n) is 4.25. The summed E-state index contributed by atoms with van der Waals surface area (Å²) in [6, 6.07) is 15.0. The summed E-state index contributed by atoms with van der Waals surface area (Å²) in [6.07, 6.45) is -1.23. The first-order valence-electron chi connectivity index (χ1n) is 12.4. The smallest absolute Gasteiger partial charge is 0.411 e. The molecule has 1 fully saturated rings. The van der Waals surface area contributed by atoms with Gasteiger partial charge in [0.1, 0.15) is 23.4 Å². The van der Waals surface area contributed by atoms with Crippen molar-refractivity contribution in [2.24, 2.45) is 0 Å². The summed E-state index contributed by atoms with van der Waals surface area (Å²) in [5.74, 6) is -0.0948. The van der Waals surface area contributed by atoms with Crippen LogP contribution in [0.25, 0.3) is 0 Å². The van der Waals surface area contributed by atoms with Gasteiger partial charge in [0.25, 0.3) is 0 Å². The second-order valence-corrected chi connectivity index (χ2v) is 10.3. The third-order valence-electron chi connectivity index (χ3n) is 6.06. The molecule has 1 heterocycles. The maximum atomic E-state index is 13.5. The molecule has 3 amide bonds. The molecule has 3 rings (SSSR count). The van der Waals surface area contributed by atoms with Crippen molar-refractivity contribution < 1.29 is 29.0 Å². The fourth-order valence-corrected chi connectivity index (χ4v) is 4.25. The van der Waals surface area contributed by atoms with Gasteiger partial charge in [-0.2, -0.15) is 0 Å². The summed E-state index contributed by atoms with van der Waals surface area (Å²) in [6.45, 7) is 5.56. The van der Waals surface area contributed by atoms with Crippen molar-refractivity contribution >= 4 is 17.9 Å². The molecule has 9 heteroatoms. The molecule has 1 aliphatic heterocycles. The van der Waals surface area contributed by atoms with E-state index >= 15 is 0 Å². The average Bonchev–Trinajstić information content (AvgIpc) is 3.25. The number of carbonyl (C=O) groups excluding carboxylic acids is 3. The second kappa shape index (κ2) is 12.1. The molecule has 2 aromatic carbocycles. The van der Waals surface area contributed by atoms with Gasteiger partial charge in [-0.15, -0.1) is 0 Å². The standard InChI is InChI=1S/C28H37N3O6/c1-28(2,3)37-27(35)31-18-21(32)16-24(31)25(33)29-23(15-19-11-13-22(36-5)14-12-19)26(34)30(4)17-20-9-7-6-8-10-20/h6-14,21,23-24,32H,15-18H2,1-5H3,(H,29,33)/t21-,23+,24+/m1/s1. The minimum absolute atomic E-state index is 0.0159. The number of ether oxygens (including phenoxy) is 2. The topological polar surface area (TPSA) is 108 Å². The van der Waals surface area contributed by atoms with Crippen LogP contribution in [0.5, 0.6) is 5.75 Å². The molecule has 3 atom stereocenters. The van der Waals surface area contributed by atoms with Gasteiger partial charge < -0.3 is 24.8 Å². The molecule has 0 bridgehead atoms. The molecule has 37 heavy (non-hydrogen) atoms. The number of likely N-dealkylation sites (tertiary alicyclic amines) is 1. The van der Waals surface area contributed by atoms with Crippen LogP contribution in [0.15, 0.2) is 54.6 Å². The molecule has 2 N–H and O–H groups in total. The number of likely N-dealkylation sites (N-methyl/N-ethyl adjacent to an activating group) is 1. The van der Waals surface area contributed by atoms with E-state index in [9.17, 15) is 19.5 Å². The Morgan fingerprint density at radius 3 is 2.32 bits per heavy atom.